The minimum Gasteiger partial charge on any atom is -0.395 e. The molecule has 0 saturated heterocycles. The summed E-state index contributed by atoms with van der Waals surface area (Å²) in [6.07, 6.45) is 0.112. The summed E-state index contributed by atoms with van der Waals surface area (Å²) in [4.78, 5) is 0. The first kappa shape index (κ1) is 14.1. The zero-order valence-electron chi connectivity index (χ0n) is 10.3. The largest absolute Gasteiger partial charge is 0.395 e. The smallest absolute Gasteiger partial charge is 0.126 e. The van der Waals surface area contributed by atoms with Crippen LogP contribution in [0.15, 0.2) is 18.2 Å². The highest BCUT2D eigenvalue weighted by Gasteiger charge is 2.11. The lowest BCUT2D eigenvalue weighted by molar-refractivity contribution is 0.157. The monoisotopic (exact) mass is 241 g/mol. The molecule has 3 nitrogen and oxygen atoms in total. The van der Waals surface area contributed by atoms with Gasteiger partial charge in [0.15, 0.2) is 0 Å². The number of rotatable bonds is 6. The van der Waals surface area contributed by atoms with Crippen LogP contribution in [0.1, 0.15) is 30.6 Å². The number of aryl methyl sites for hydroxylation is 1. The molecule has 2 unspecified atom stereocenters. The van der Waals surface area contributed by atoms with Crippen LogP contribution in [0.3, 0.4) is 0 Å². The first-order valence-corrected chi connectivity index (χ1v) is 5.86. The van der Waals surface area contributed by atoms with Crippen molar-refractivity contribution in [1.82, 2.24) is 5.32 Å². The number of hydrogen-bond acceptors (Lipinski definition) is 3. The Kier molecular flexibility index (Phi) is 5.55. The molecule has 17 heavy (non-hydrogen) atoms. The predicted molar refractivity (Wildman–Crippen MR) is 65.3 cm³/mol. The number of benzene rings is 1. The molecule has 0 aromatic heterocycles. The van der Waals surface area contributed by atoms with Crippen molar-refractivity contribution < 1.29 is 14.6 Å². The molecule has 0 aliphatic heterocycles. The Balaban J connectivity index is 2.57. The molecule has 1 aromatic carbocycles. The van der Waals surface area contributed by atoms with Crippen LogP contribution in [0.2, 0.25) is 0 Å². The molecule has 2 atom stereocenters. The van der Waals surface area contributed by atoms with Gasteiger partial charge in [-0.2, -0.15) is 0 Å². The Bertz CT molecular complexity index is 353. The van der Waals surface area contributed by atoms with E-state index in [1.807, 2.05) is 6.92 Å². The van der Waals surface area contributed by atoms with E-state index in [1.165, 1.54) is 6.07 Å². The molecule has 0 radical (unpaired) electrons. The van der Waals surface area contributed by atoms with E-state index in [4.69, 9.17) is 5.11 Å². The molecule has 0 spiro atoms. The molecular weight excluding hydrogens is 221 g/mol. The number of hydrogen-bond donors (Lipinski definition) is 3. The molecule has 0 fully saturated rings. The van der Waals surface area contributed by atoms with Crippen LogP contribution in [-0.2, 0) is 0 Å². The molecule has 1 rings (SSSR count). The molecule has 1 aromatic rings. The third-order valence-electron chi connectivity index (χ3n) is 2.88. The normalized spacial score (nSPS) is 14.6. The topological polar surface area (TPSA) is 52.5 Å². The van der Waals surface area contributed by atoms with E-state index < -0.39 is 6.10 Å². The average Bonchev–Trinajstić information content (AvgIpc) is 2.33. The third-order valence-corrected chi connectivity index (χ3v) is 2.88. The summed E-state index contributed by atoms with van der Waals surface area (Å²) in [6, 6.07) is 4.57. The van der Waals surface area contributed by atoms with Gasteiger partial charge in [0.05, 0.1) is 12.7 Å². The first-order valence-electron chi connectivity index (χ1n) is 5.86. The fraction of sp³-hybridized carbons (Fsp3) is 0.538. The molecule has 96 valence electrons. The van der Waals surface area contributed by atoms with Crippen molar-refractivity contribution in [3.8, 4) is 0 Å². The van der Waals surface area contributed by atoms with Gasteiger partial charge in [0.2, 0.25) is 0 Å². The Morgan fingerprint density at radius 1 is 1.41 bits per heavy atom. The highest BCUT2D eigenvalue weighted by molar-refractivity contribution is 5.25. The van der Waals surface area contributed by atoms with Crippen molar-refractivity contribution in [2.24, 2.45) is 0 Å². The molecule has 3 N–H and O–H groups in total. The van der Waals surface area contributed by atoms with Crippen LogP contribution >= 0.6 is 0 Å². The first-order chi connectivity index (χ1) is 8.08. The van der Waals surface area contributed by atoms with Crippen molar-refractivity contribution in [2.45, 2.75) is 32.4 Å². The molecule has 0 amide bonds. The van der Waals surface area contributed by atoms with Gasteiger partial charge in [0.25, 0.3) is 0 Å². The Morgan fingerprint density at radius 3 is 2.65 bits per heavy atom. The lowest BCUT2D eigenvalue weighted by Crippen LogP contribution is -2.34. The summed E-state index contributed by atoms with van der Waals surface area (Å²) in [7, 11) is 0. The molecule has 0 heterocycles. The Morgan fingerprint density at radius 2 is 2.12 bits per heavy atom. The van der Waals surface area contributed by atoms with Crippen LogP contribution in [0.5, 0.6) is 0 Å². The van der Waals surface area contributed by atoms with E-state index in [9.17, 15) is 9.50 Å². The summed E-state index contributed by atoms with van der Waals surface area (Å²) in [6.45, 7) is 4.03. The summed E-state index contributed by atoms with van der Waals surface area (Å²) < 4.78 is 13.1. The average molecular weight is 241 g/mol. The SMILES string of the molecule is CCC(CO)NCC(O)c1ccc(F)c(C)c1. The van der Waals surface area contributed by atoms with E-state index in [1.54, 1.807) is 19.1 Å². The lowest BCUT2D eigenvalue weighted by atomic mass is 10.1. The van der Waals surface area contributed by atoms with Crippen LogP contribution in [0.25, 0.3) is 0 Å². The summed E-state index contributed by atoms with van der Waals surface area (Å²) in [5.41, 5.74) is 1.21. The van der Waals surface area contributed by atoms with E-state index >= 15 is 0 Å². The van der Waals surface area contributed by atoms with E-state index in [0.29, 0.717) is 17.7 Å². The van der Waals surface area contributed by atoms with E-state index in [2.05, 4.69) is 5.32 Å². The van der Waals surface area contributed by atoms with Crippen LogP contribution in [0.4, 0.5) is 4.39 Å². The van der Waals surface area contributed by atoms with Gasteiger partial charge in [-0.15, -0.1) is 0 Å². The van der Waals surface area contributed by atoms with Crippen LogP contribution < -0.4 is 5.32 Å². The molecular formula is C13H20FNO2. The third kappa shape index (κ3) is 4.07. The highest BCUT2D eigenvalue weighted by atomic mass is 19.1. The molecule has 0 bridgehead atoms. The lowest BCUT2D eigenvalue weighted by Gasteiger charge is -2.18. The second-order valence-electron chi connectivity index (χ2n) is 4.22. The van der Waals surface area contributed by atoms with Gasteiger partial charge in [-0.3, -0.25) is 0 Å². The maximum Gasteiger partial charge on any atom is 0.126 e. The zero-order chi connectivity index (χ0) is 12.8. The van der Waals surface area contributed by atoms with E-state index in [0.717, 1.165) is 6.42 Å². The van der Waals surface area contributed by atoms with Crippen molar-refractivity contribution in [3.63, 3.8) is 0 Å². The van der Waals surface area contributed by atoms with Gasteiger partial charge in [-0.25, -0.2) is 4.39 Å². The molecule has 0 saturated carbocycles. The summed E-state index contributed by atoms with van der Waals surface area (Å²) in [5, 5.41) is 22.0. The predicted octanol–water partition coefficient (Wildman–Crippen LogP) is 1.53. The summed E-state index contributed by atoms with van der Waals surface area (Å²) >= 11 is 0. The van der Waals surface area contributed by atoms with Gasteiger partial charge >= 0.3 is 0 Å². The molecule has 0 aliphatic rings. The number of nitrogens with one attached hydrogen (secondary N) is 1. The maximum atomic E-state index is 13.1. The van der Waals surface area contributed by atoms with E-state index in [-0.39, 0.29) is 18.5 Å². The molecule has 4 heteroatoms. The highest BCUT2D eigenvalue weighted by Crippen LogP contribution is 2.16. The molecule has 0 aliphatic carbocycles. The maximum absolute atomic E-state index is 13.1. The van der Waals surface area contributed by atoms with Gasteiger partial charge in [0, 0.05) is 12.6 Å². The van der Waals surface area contributed by atoms with Crippen molar-refractivity contribution in [1.29, 1.82) is 0 Å². The standard InChI is InChI=1S/C13H20FNO2/c1-3-11(8-16)15-7-13(17)10-4-5-12(14)9(2)6-10/h4-6,11,13,15-17H,3,7-8H2,1-2H3. The second-order valence-corrected chi connectivity index (χ2v) is 4.22. The quantitative estimate of drug-likeness (QED) is 0.708. The number of aliphatic hydroxyl groups excluding tert-OH is 2. The van der Waals surface area contributed by atoms with Gasteiger partial charge < -0.3 is 15.5 Å². The fourth-order valence-electron chi connectivity index (χ4n) is 1.61. The Hall–Kier alpha value is -0.970. The van der Waals surface area contributed by atoms with Gasteiger partial charge in [-0.1, -0.05) is 19.1 Å². The van der Waals surface area contributed by atoms with Crippen molar-refractivity contribution in [2.75, 3.05) is 13.2 Å². The van der Waals surface area contributed by atoms with Gasteiger partial charge in [0.1, 0.15) is 5.82 Å². The van der Waals surface area contributed by atoms with Crippen molar-refractivity contribution in [3.05, 3.63) is 35.1 Å². The second kappa shape index (κ2) is 6.69. The van der Waals surface area contributed by atoms with Crippen molar-refractivity contribution >= 4 is 0 Å². The minimum absolute atomic E-state index is 0.00815. The minimum atomic E-state index is -0.685. The van der Waals surface area contributed by atoms with Crippen LogP contribution in [-0.4, -0.2) is 29.4 Å². The Labute approximate surface area is 101 Å². The number of halogens is 1. The number of aliphatic hydroxyl groups is 2. The van der Waals surface area contributed by atoms with Gasteiger partial charge in [-0.05, 0) is 30.5 Å². The van der Waals surface area contributed by atoms with Crippen LogP contribution in [0, 0.1) is 12.7 Å². The zero-order valence-corrected chi connectivity index (χ0v) is 10.3. The fourth-order valence-corrected chi connectivity index (χ4v) is 1.61. The summed E-state index contributed by atoms with van der Waals surface area (Å²) in [5.74, 6) is -0.268.